The van der Waals surface area contributed by atoms with Gasteiger partial charge < -0.3 is 10.0 Å². The molecular formula is C11H19NO2. The summed E-state index contributed by atoms with van der Waals surface area (Å²) in [5.74, 6) is 0.640. The molecule has 2 fully saturated rings. The van der Waals surface area contributed by atoms with Crippen molar-refractivity contribution < 1.29 is 9.90 Å². The molecule has 1 N–H and O–H groups in total. The van der Waals surface area contributed by atoms with Crippen LogP contribution in [0.3, 0.4) is 0 Å². The zero-order chi connectivity index (χ0) is 10.2. The Morgan fingerprint density at radius 3 is 2.71 bits per heavy atom. The van der Waals surface area contributed by atoms with Crippen molar-refractivity contribution in [2.24, 2.45) is 5.92 Å². The fraction of sp³-hybridized carbons (Fsp3) is 0.909. The Balaban J connectivity index is 1.91. The molecule has 1 saturated carbocycles. The number of hydrogen-bond acceptors (Lipinski definition) is 2. The molecule has 0 bridgehead atoms. The van der Waals surface area contributed by atoms with E-state index in [1.54, 1.807) is 0 Å². The van der Waals surface area contributed by atoms with Crippen molar-refractivity contribution in [3.05, 3.63) is 0 Å². The lowest BCUT2D eigenvalue weighted by atomic mass is 9.98. The van der Waals surface area contributed by atoms with Crippen LogP contribution in [-0.4, -0.2) is 34.6 Å². The summed E-state index contributed by atoms with van der Waals surface area (Å²) < 4.78 is 0. The highest BCUT2D eigenvalue weighted by molar-refractivity contribution is 5.81. The van der Waals surface area contributed by atoms with Crippen LogP contribution < -0.4 is 0 Å². The number of hydrogen-bond donors (Lipinski definition) is 1. The molecule has 0 aromatic carbocycles. The van der Waals surface area contributed by atoms with Gasteiger partial charge in [-0.15, -0.1) is 0 Å². The second kappa shape index (κ2) is 3.54. The van der Waals surface area contributed by atoms with Gasteiger partial charge in [0.1, 0.15) is 0 Å². The van der Waals surface area contributed by atoms with E-state index in [1.807, 2.05) is 11.8 Å². The van der Waals surface area contributed by atoms with E-state index in [9.17, 15) is 9.90 Å². The minimum atomic E-state index is -0.557. The van der Waals surface area contributed by atoms with E-state index in [1.165, 1.54) is 0 Å². The van der Waals surface area contributed by atoms with E-state index in [-0.39, 0.29) is 0 Å². The summed E-state index contributed by atoms with van der Waals surface area (Å²) >= 11 is 0. The molecule has 14 heavy (non-hydrogen) atoms. The molecule has 2 rings (SSSR count). The van der Waals surface area contributed by atoms with Gasteiger partial charge in [0.05, 0.1) is 5.60 Å². The number of rotatable bonds is 1. The Labute approximate surface area is 85.1 Å². The third kappa shape index (κ3) is 2.27. The molecule has 2 aliphatic rings. The monoisotopic (exact) mass is 197 g/mol. The maximum absolute atomic E-state index is 11.8. The van der Waals surface area contributed by atoms with Gasteiger partial charge in [-0.2, -0.15) is 0 Å². The Morgan fingerprint density at radius 1 is 1.36 bits per heavy atom. The summed E-state index contributed by atoms with van der Waals surface area (Å²) in [6, 6.07) is 0. The van der Waals surface area contributed by atoms with E-state index in [4.69, 9.17) is 0 Å². The number of likely N-dealkylation sites (tertiary alicyclic amines) is 1. The molecule has 0 aromatic heterocycles. The number of carbonyl (C=O) groups is 1. The standard InChI is InChI=1S/C11H19NO2/c1-11(14)5-2-7-12(8-6-11)10(13)9-3-4-9/h9,14H,2-8H2,1H3. The molecule has 1 amide bonds. The number of amides is 1. The third-order valence-electron chi connectivity index (χ3n) is 3.30. The summed E-state index contributed by atoms with van der Waals surface area (Å²) in [6.07, 6.45) is 4.63. The van der Waals surface area contributed by atoms with E-state index in [0.29, 0.717) is 11.8 Å². The van der Waals surface area contributed by atoms with E-state index >= 15 is 0 Å². The summed E-state index contributed by atoms with van der Waals surface area (Å²) in [5, 5.41) is 9.87. The van der Waals surface area contributed by atoms with Crippen LogP contribution in [0, 0.1) is 5.92 Å². The first kappa shape index (κ1) is 9.97. The van der Waals surface area contributed by atoms with E-state index in [2.05, 4.69) is 0 Å². The van der Waals surface area contributed by atoms with Gasteiger partial charge in [-0.3, -0.25) is 4.79 Å². The maximum Gasteiger partial charge on any atom is 0.225 e. The van der Waals surface area contributed by atoms with Crippen LogP contribution >= 0.6 is 0 Å². The average molecular weight is 197 g/mol. The maximum atomic E-state index is 11.8. The highest BCUT2D eigenvalue weighted by Crippen LogP contribution is 2.32. The van der Waals surface area contributed by atoms with Gasteiger partial charge in [0.2, 0.25) is 5.91 Å². The molecule has 0 radical (unpaired) electrons. The molecule has 1 saturated heterocycles. The van der Waals surface area contributed by atoms with Crippen molar-refractivity contribution in [3.63, 3.8) is 0 Å². The third-order valence-corrected chi connectivity index (χ3v) is 3.30. The van der Waals surface area contributed by atoms with Crippen LogP contribution in [0.1, 0.15) is 39.0 Å². The Morgan fingerprint density at radius 2 is 2.07 bits per heavy atom. The van der Waals surface area contributed by atoms with Gasteiger partial charge in [0, 0.05) is 19.0 Å². The predicted molar refractivity (Wildman–Crippen MR) is 53.8 cm³/mol. The highest BCUT2D eigenvalue weighted by atomic mass is 16.3. The van der Waals surface area contributed by atoms with Gasteiger partial charge in [-0.05, 0) is 39.0 Å². The second-order valence-corrected chi connectivity index (χ2v) is 4.95. The quantitative estimate of drug-likeness (QED) is 0.685. The second-order valence-electron chi connectivity index (χ2n) is 4.95. The lowest BCUT2D eigenvalue weighted by Crippen LogP contribution is -2.34. The van der Waals surface area contributed by atoms with Gasteiger partial charge in [0.15, 0.2) is 0 Å². The minimum Gasteiger partial charge on any atom is -0.390 e. The first-order valence-electron chi connectivity index (χ1n) is 5.60. The number of nitrogens with zero attached hydrogens (tertiary/aromatic N) is 1. The van der Waals surface area contributed by atoms with Crippen LogP contribution in [0.25, 0.3) is 0 Å². The summed E-state index contributed by atoms with van der Waals surface area (Å²) in [6.45, 7) is 3.45. The molecule has 1 aliphatic heterocycles. The molecule has 1 aliphatic carbocycles. The predicted octanol–water partition coefficient (Wildman–Crippen LogP) is 1.16. The normalized spacial score (nSPS) is 34.0. The van der Waals surface area contributed by atoms with Crippen LogP contribution in [0.2, 0.25) is 0 Å². The van der Waals surface area contributed by atoms with Crippen molar-refractivity contribution in [2.75, 3.05) is 13.1 Å². The van der Waals surface area contributed by atoms with Crippen LogP contribution in [0.5, 0.6) is 0 Å². The average Bonchev–Trinajstić information content (AvgIpc) is 2.90. The first-order chi connectivity index (χ1) is 6.58. The van der Waals surface area contributed by atoms with E-state index in [0.717, 1.165) is 45.2 Å². The van der Waals surface area contributed by atoms with Crippen LogP contribution in [0.15, 0.2) is 0 Å². The molecule has 3 nitrogen and oxygen atoms in total. The molecule has 1 atom stereocenters. The van der Waals surface area contributed by atoms with Gasteiger partial charge >= 0.3 is 0 Å². The number of aliphatic hydroxyl groups is 1. The molecule has 1 heterocycles. The smallest absolute Gasteiger partial charge is 0.225 e. The van der Waals surface area contributed by atoms with Crippen molar-refractivity contribution in [1.82, 2.24) is 4.90 Å². The zero-order valence-electron chi connectivity index (χ0n) is 8.83. The fourth-order valence-corrected chi connectivity index (χ4v) is 2.07. The topological polar surface area (TPSA) is 40.5 Å². The SMILES string of the molecule is CC1(O)CCCN(C(=O)C2CC2)CC1. The van der Waals surface area contributed by atoms with Gasteiger partial charge in [0.25, 0.3) is 0 Å². The fourth-order valence-electron chi connectivity index (χ4n) is 2.07. The van der Waals surface area contributed by atoms with E-state index < -0.39 is 5.60 Å². The summed E-state index contributed by atoms with van der Waals surface area (Å²) in [7, 11) is 0. The largest absolute Gasteiger partial charge is 0.390 e. The summed E-state index contributed by atoms with van der Waals surface area (Å²) in [5.41, 5.74) is -0.557. The van der Waals surface area contributed by atoms with Gasteiger partial charge in [-0.25, -0.2) is 0 Å². The molecular weight excluding hydrogens is 178 g/mol. The van der Waals surface area contributed by atoms with Crippen molar-refractivity contribution >= 4 is 5.91 Å². The number of carbonyl (C=O) groups excluding carboxylic acids is 1. The van der Waals surface area contributed by atoms with Crippen molar-refractivity contribution in [2.45, 2.75) is 44.6 Å². The van der Waals surface area contributed by atoms with Crippen LogP contribution in [0.4, 0.5) is 0 Å². The van der Waals surface area contributed by atoms with Crippen molar-refractivity contribution in [1.29, 1.82) is 0 Å². The van der Waals surface area contributed by atoms with Crippen LogP contribution in [-0.2, 0) is 4.79 Å². The Kier molecular flexibility index (Phi) is 2.52. The molecule has 0 aromatic rings. The first-order valence-corrected chi connectivity index (χ1v) is 5.60. The zero-order valence-corrected chi connectivity index (χ0v) is 8.83. The molecule has 3 heteroatoms. The lowest BCUT2D eigenvalue weighted by Gasteiger charge is -2.22. The minimum absolute atomic E-state index is 0.318. The highest BCUT2D eigenvalue weighted by Gasteiger charge is 2.35. The molecule has 80 valence electrons. The van der Waals surface area contributed by atoms with Crippen molar-refractivity contribution in [3.8, 4) is 0 Å². The molecule has 1 unspecified atom stereocenters. The lowest BCUT2D eigenvalue weighted by molar-refractivity contribution is -0.132. The Hall–Kier alpha value is -0.570. The van der Waals surface area contributed by atoms with Gasteiger partial charge in [-0.1, -0.05) is 0 Å². The Bertz CT molecular complexity index is 233. The molecule has 0 spiro atoms. The summed E-state index contributed by atoms with van der Waals surface area (Å²) in [4.78, 5) is 13.7.